The van der Waals surface area contributed by atoms with Gasteiger partial charge in [0.05, 0.1) is 0 Å². The summed E-state index contributed by atoms with van der Waals surface area (Å²) >= 11 is 3.95. The number of rotatable bonds is 3. The normalized spacial score (nSPS) is 9.22. The van der Waals surface area contributed by atoms with Crippen LogP contribution in [-0.4, -0.2) is 30.2 Å². The largest absolute Gasteiger partial charge is 0.346 e. The van der Waals surface area contributed by atoms with Crippen LogP contribution in [0, 0.1) is 0 Å². The molecule has 0 aliphatic heterocycles. The Morgan fingerprint density at radius 2 is 2.22 bits per heavy atom. The molecule has 1 amide bonds. The number of nitrogens with zero attached hydrogens (tertiary/aromatic N) is 1. The number of amides is 1. The number of thiol groups is 1. The Kier molecular flexibility index (Phi) is 4.58. The van der Waals surface area contributed by atoms with Crippen molar-refractivity contribution < 1.29 is 4.79 Å². The van der Waals surface area contributed by atoms with Crippen LogP contribution in [0.1, 0.15) is 13.3 Å². The minimum Gasteiger partial charge on any atom is -0.346 e. The first-order valence-electron chi connectivity index (χ1n) is 3.07. The zero-order valence-corrected chi connectivity index (χ0v) is 6.82. The Morgan fingerprint density at radius 3 is 2.56 bits per heavy atom. The fraction of sp³-hybridized carbons (Fsp3) is 0.833. The lowest BCUT2D eigenvalue weighted by Crippen LogP contribution is -2.26. The van der Waals surface area contributed by atoms with Crippen molar-refractivity contribution in [1.29, 1.82) is 0 Å². The summed E-state index contributed by atoms with van der Waals surface area (Å²) in [5.41, 5.74) is 0. The van der Waals surface area contributed by atoms with E-state index in [4.69, 9.17) is 0 Å². The van der Waals surface area contributed by atoms with Crippen LogP contribution in [0.25, 0.3) is 0 Å². The second kappa shape index (κ2) is 4.68. The van der Waals surface area contributed by atoms with Gasteiger partial charge < -0.3 is 4.90 Å². The van der Waals surface area contributed by atoms with E-state index in [1.807, 2.05) is 6.92 Å². The summed E-state index contributed by atoms with van der Waals surface area (Å²) in [4.78, 5) is 12.5. The summed E-state index contributed by atoms with van der Waals surface area (Å²) in [7, 11) is 1.80. The van der Waals surface area contributed by atoms with Crippen LogP contribution in [0.2, 0.25) is 0 Å². The Labute approximate surface area is 61.6 Å². The first kappa shape index (κ1) is 8.82. The molecule has 0 heterocycles. The Hall–Kier alpha value is -0.180. The summed E-state index contributed by atoms with van der Waals surface area (Å²) in [6.07, 6.45) is 0.549. The summed E-state index contributed by atoms with van der Waals surface area (Å²) in [6, 6.07) is 0. The minimum atomic E-state index is 0.174. The van der Waals surface area contributed by atoms with Crippen LogP contribution in [0.5, 0.6) is 0 Å². The minimum absolute atomic E-state index is 0.174. The van der Waals surface area contributed by atoms with Crippen LogP contribution < -0.4 is 0 Å². The van der Waals surface area contributed by atoms with Gasteiger partial charge in [0.15, 0.2) is 0 Å². The van der Waals surface area contributed by atoms with E-state index >= 15 is 0 Å². The molecule has 0 aliphatic carbocycles. The summed E-state index contributed by atoms with van der Waals surface area (Å²) in [6.45, 7) is 2.74. The van der Waals surface area contributed by atoms with E-state index < -0.39 is 0 Å². The number of carbonyl (C=O) groups excluding carboxylic acids is 1. The van der Waals surface area contributed by atoms with Crippen molar-refractivity contribution in [3.63, 3.8) is 0 Å². The lowest BCUT2D eigenvalue weighted by Gasteiger charge is -2.12. The van der Waals surface area contributed by atoms with Gasteiger partial charge in [-0.2, -0.15) is 12.6 Å². The predicted molar refractivity (Wildman–Crippen MR) is 41.8 cm³/mol. The molecule has 2 nitrogen and oxygen atoms in total. The molecule has 0 aromatic carbocycles. The molecule has 0 unspecified atom stereocenters. The maximum Gasteiger partial charge on any atom is 0.223 e. The molecule has 0 atom stereocenters. The highest BCUT2D eigenvalue weighted by Gasteiger charge is 2.02. The Morgan fingerprint density at radius 1 is 1.67 bits per heavy atom. The van der Waals surface area contributed by atoms with Crippen molar-refractivity contribution in [3.8, 4) is 0 Å². The standard InChI is InChI=1S/C6H13NOS/c1-3-7(2)6(8)4-5-9/h9H,3-5H2,1-2H3. The average Bonchev–Trinajstić information content (AvgIpc) is 1.87. The van der Waals surface area contributed by atoms with E-state index in [2.05, 4.69) is 12.6 Å². The zero-order chi connectivity index (χ0) is 7.28. The first-order valence-corrected chi connectivity index (χ1v) is 3.70. The van der Waals surface area contributed by atoms with Gasteiger partial charge >= 0.3 is 0 Å². The third kappa shape index (κ3) is 3.40. The molecule has 0 rings (SSSR count). The van der Waals surface area contributed by atoms with Crippen LogP contribution in [0.3, 0.4) is 0 Å². The highest BCUT2D eigenvalue weighted by atomic mass is 32.1. The molecular formula is C6H13NOS. The van der Waals surface area contributed by atoms with Crippen molar-refractivity contribution in [2.75, 3.05) is 19.3 Å². The molecule has 0 radical (unpaired) electrons. The smallest absolute Gasteiger partial charge is 0.223 e. The Balaban J connectivity index is 3.46. The van der Waals surface area contributed by atoms with E-state index in [-0.39, 0.29) is 5.91 Å². The van der Waals surface area contributed by atoms with Gasteiger partial charge in [0, 0.05) is 20.0 Å². The van der Waals surface area contributed by atoms with Gasteiger partial charge in [0.1, 0.15) is 0 Å². The molecule has 0 N–H and O–H groups in total. The second-order valence-electron chi connectivity index (χ2n) is 1.88. The number of carbonyl (C=O) groups is 1. The summed E-state index contributed by atoms with van der Waals surface area (Å²) in [5.74, 6) is 0.816. The molecular weight excluding hydrogens is 134 g/mol. The highest BCUT2D eigenvalue weighted by molar-refractivity contribution is 7.80. The fourth-order valence-corrected chi connectivity index (χ4v) is 0.654. The van der Waals surface area contributed by atoms with E-state index in [1.165, 1.54) is 0 Å². The topological polar surface area (TPSA) is 20.3 Å². The molecule has 0 saturated heterocycles. The third-order valence-electron chi connectivity index (χ3n) is 1.23. The molecule has 9 heavy (non-hydrogen) atoms. The maximum absolute atomic E-state index is 10.9. The molecule has 0 aliphatic rings. The molecule has 3 heteroatoms. The van der Waals surface area contributed by atoms with Crippen molar-refractivity contribution in [2.24, 2.45) is 0 Å². The molecule has 0 spiro atoms. The Bertz CT molecular complexity index is 95.1. The molecule has 0 saturated carbocycles. The lowest BCUT2D eigenvalue weighted by molar-refractivity contribution is -0.129. The molecule has 54 valence electrons. The maximum atomic E-state index is 10.9. The van der Waals surface area contributed by atoms with E-state index in [0.29, 0.717) is 12.2 Å². The number of hydrogen-bond acceptors (Lipinski definition) is 2. The van der Waals surface area contributed by atoms with Gasteiger partial charge in [-0.3, -0.25) is 4.79 Å². The number of hydrogen-bond donors (Lipinski definition) is 1. The fourth-order valence-electron chi connectivity index (χ4n) is 0.463. The average molecular weight is 147 g/mol. The molecule has 0 bridgehead atoms. The van der Waals surface area contributed by atoms with E-state index in [1.54, 1.807) is 11.9 Å². The van der Waals surface area contributed by atoms with Gasteiger partial charge in [-0.15, -0.1) is 0 Å². The van der Waals surface area contributed by atoms with Gasteiger partial charge in [0.2, 0.25) is 5.91 Å². The van der Waals surface area contributed by atoms with E-state index in [0.717, 1.165) is 6.54 Å². The summed E-state index contributed by atoms with van der Waals surface area (Å²) in [5, 5.41) is 0. The first-order chi connectivity index (χ1) is 4.22. The van der Waals surface area contributed by atoms with Crippen LogP contribution in [-0.2, 0) is 4.79 Å². The molecule has 0 aromatic heterocycles. The lowest BCUT2D eigenvalue weighted by atomic mass is 10.4. The molecule has 0 aromatic rings. The van der Waals surface area contributed by atoms with Crippen molar-refractivity contribution >= 4 is 18.5 Å². The van der Waals surface area contributed by atoms with Crippen LogP contribution >= 0.6 is 12.6 Å². The monoisotopic (exact) mass is 147 g/mol. The van der Waals surface area contributed by atoms with E-state index in [9.17, 15) is 4.79 Å². The van der Waals surface area contributed by atoms with Crippen LogP contribution in [0.4, 0.5) is 0 Å². The van der Waals surface area contributed by atoms with Crippen molar-refractivity contribution in [3.05, 3.63) is 0 Å². The quantitative estimate of drug-likeness (QED) is 0.585. The van der Waals surface area contributed by atoms with Gasteiger partial charge in [0.25, 0.3) is 0 Å². The van der Waals surface area contributed by atoms with Gasteiger partial charge in [-0.25, -0.2) is 0 Å². The zero-order valence-electron chi connectivity index (χ0n) is 5.92. The van der Waals surface area contributed by atoms with Crippen molar-refractivity contribution in [1.82, 2.24) is 4.90 Å². The highest BCUT2D eigenvalue weighted by Crippen LogP contribution is 1.90. The van der Waals surface area contributed by atoms with Gasteiger partial charge in [-0.1, -0.05) is 0 Å². The SMILES string of the molecule is CCN(C)C(=O)CCS. The third-order valence-corrected chi connectivity index (χ3v) is 1.45. The van der Waals surface area contributed by atoms with Crippen molar-refractivity contribution in [2.45, 2.75) is 13.3 Å². The summed E-state index contributed by atoms with van der Waals surface area (Å²) < 4.78 is 0. The predicted octanol–water partition coefficient (Wildman–Crippen LogP) is 0.785. The van der Waals surface area contributed by atoms with Crippen LogP contribution in [0.15, 0.2) is 0 Å². The van der Waals surface area contributed by atoms with Gasteiger partial charge in [-0.05, 0) is 12.7 Å². The molecule has 0 fully saturated rings. The second-order valence-corrected chi connectivity index (χ2v) is 2.33.